The van der Waals surface area contributed by atoms with Gasteiger partial charge in [-0.3, -0.25) is 0 Å². The molecular weight excluding hydrogens is 278 g/mol. The Bertz CT molecular complexity index is 401. The van der Waals surface area contributed by atoms with Crippen molar-refractivity contribution in [3.63, 3.8) is 0 Å². The van der Waals surface area contributed by atoms with Crippen LogP contribution in [-0.2, 0) is 0 Å². The maximum absolute atomic E-state index is 5.21. The number of hydrogen-bond acceptors (Lipinski definition) is 2. The predicted octanol–water partition coefficient (Wildman–Crippen LogP) is 3.86. The summed E-state index contributed by atoms with van der Waals surface area (Å²) in [5, 5.41) is 3.40. The molecule has 0 fully saturated rings. The molecule has 3 heteroatoms. The van der Waals surface area contributed by atoms with Gasteiger partial charge < -0.3 is 10.1 Å². The predicted molar refractivity (Wildman–Crippen MR) is 77.5 cm³/mol. The number of likely N-dealkylation sites (N-methyl/N-ethyl adjacent to an activating group) is 1. The van der Waals surface area contributed by atoms with Crippen molar-refractivity contribution in [1.82, 2.24) is 5.32 Å². The first-order valence-corrected chi connectivity index (χ1v) is 6.63. The highest BCUT2D eigenvalue weighted by atomic mass is 79.9. The average Bonchev–Trinajstić information content (AvgIpc) is 2.29. The molecule has 0 aliphatic rings. The summed E-state index contributed by atoms with van der Waals surface area (Å²) in [6.07, 6.45) is 2.19. The van der Waals surface area contributed by atoms with Gasteiger partial charge in [-0.25, -0.2) is 0 Å². The number of rotatable bonds is 5. The average molecular weight is 298 g/mol. The lowest BCUT2D eigenvalue weighted by Crippen LogP contribution is -2.26. The van der Waals surface area contributed by atoms with Crippen LogP contribution in [0.25, 0.3) is 6.08 Å². The van der Waals surface area contributed by atoms with Gasteiger partial charge in [0.25, 0.3) is 0 Å². The lowest BCUT2D eigenvalue weighted by atomic mass is 10.1. The van der Waals surface area contributed by atoms with Crippen LogP contribution in [0.4, 0.5) is 0 Å². The Kier molecular flexibility index (Phi) is 5.72. The molecular formula is C14H20BrNO. The van der Waals surface area contributed by atoms with E-state index in [4.69, 9.17) is 4.74 Å². The Morgan fingerprint density at radius 2 is 2.24 bits per heavy atom. The fourth-order valence-corrected chi connectivity index (χ4v) is 2.19. The first kappa shape index (κ1) is 14.3. The lowest BCUT2D eigenvalue weighted by molar-refractivity contribution is 0.412. The highest BCUT2D eigenvalue weighted by Crippen LogP contribution is 2.26. The molecule has 0 aliphatic heterocycles. The van der Waals surface area contributed by atoms with Gasteiger partial charge in [0, 0.05) is 6.04 Å². The molecule has 0 heterocycles. The summed E-state index contributed by atoms with van der Waals surface area (Å²) in [5.74, 6) is 0.861. The second-order valence-corrected chi connectivity index (χ2v) is 4.92. The molecule has 1 aromatic carbocycles. The zero-order valence-corrected chi connectivity index (χ0v) is 12.5. The Morgan fingerprint density at radius 1 is 1.53 bits per heavy atom. The standard InChI is InChI=1S/C14H20BrNO/c1-5-16-11(3)10(2)8-12-6-7-14(17-4)13(15)9-12/h6-9,11,16H,5H2,1-4H3/b10-8+. The van der Waals surface area contributed by atoms with Crippen LogP contribution in [0.15, 0.2) is 28.2 Å². The molecule has 0 radical (unpaired) electrons. The summed E-state index contributed by atoms with van der Waals surface area (Å²) in [6.45, 7) is 7.42. The monoisotopic (exact) mass is 297 g/mol. The van der Waals surface area contributed by atoms with Crippen LogP contribution in [-0.4, -0.2) is 19.7 Å². The molecule has 0 amide bonds. The van der Waals surface area contributed by atoms with Gasteiger partial charge in [-0.1, -0.05) is 24.6 Å². The normalized spacial score (nSPS) is 13.6. The van der Waals surface area contributed by atoms with Crippen molar-refractivity contribution in [2.75, 3.05) is 13.7 Å². The molecule has 1 unspecified atom stereocenters. The van der Waals surface area contributed by atoms with Crippen LogP contribution in [0.5, 0.6) is 5.75 Å². The molecule has 94 valence electrons. The molecule has 0 aliphatic carbocycles. The summed E-state index contributed by atoms with van der Waals surface area (Å²) < 4.78 is 6.19. The van der Waals surface area contributed by atoms with Crippen LogP contribution in [0, 0.1) is 0 Å². The molecule has 1 aromatic rings. The topological polar surface area (TPSA) is 21.3 Å². The van der Waals surface area contributed by atoms with E-state index >= 15 is 0 Å². The maximum Gasteiger partial charge on any atom is 0.133 e. The van der Waals surface area contributed by atoms with Gasteiger partial charge in [0.05, 0.1) is 11.6 Å². The fraction of sp³-hybridized carbons (Fsp3) is 0.429. The summed E-state index contributed by atoms with van der Waals surface area (Å²) >= 11 is 3.50. The number of methoxy groups -OCH3 is 1. The maximum atomic E-state index is 5.21. The Morgan fingerprint density at radius 3 is 2.76 bits per heavy atom. The van der Waals surface area contributed by atoms with Crippen molar-refractivity contribution in [1.29, 1.82) is 0 Å². The molecule has 0 bridgehead atoms. The van der Waals surface area contributed by atoms with E-state index in [1.165, 1.54) is 11.1 Å². The third-order valence-electron chi connectivity index (χ3n) is 2.76. The quantitative estimate of drug-likeness (QED) is 0.891. The number of benzene rings is 1. The van der Waals surface area contributed by atoms with Crippen molar-refractivity contribution in [2.24, 2.45) is 0 Å². The zero-order chi connectivity index (χ0) is 12.8. The minimum absolute atomic E-state index is 0.404. The number of nitrogens with one attached hydrogen (secondary N) is 1. The van der Waals surface area contributed by atoms with Crippen LogP contribution >= 0.6 is 15.9 Å². The smallest absolute Gasteiger partial charge is 0.133 e. The Balaban J connectivity index is 2.87. The third-order valence-corrected chi connectivity index (χ3v) is 3.38. The highest BCUT2D eigenvalue weighted by Gasteiger charge is 2.03. The molecule has 2 nitrogen and oxygen atoms in total. The molecule has 0 saturated heterocycles. The minimum Gasteiger partial charge on any atom is -0.496 e. The van der Waals surface area contributed by atoms with E-state index < -0.39 is 0 Å². The van der Waals surface area contributed by atoms with E-state index in [1.807, 2.05) is 6.07 Å². The van der Waals surface area contributed by atoms with Crippen LogP contribution < -0.4 is 10.1 Å². The summed E-state index contributed by atoms with van der Waals surface area (Å²) in [7, 11) is 1.67. The Hall–Kier alpha value is -0.800. The summed E-state index contributed by atoms with van der Waals surface area (Å²) in [5.41, 5.74) is 2.50. The zero-order valence-electron chi connectivity index (χ0n) is 10.9. The van der Waals surface area contributed by atoms with E-state index in [1.54, 1.807) is 7.11 Å². The molecule has 17 heavy (non-hydrogen) atoms. The summed E-state index contributed by atoms with van der Waals surface area (Å²) in [6, 6.07) is 6.51. The van der Waals surface area contributed by atoms with E-state index in [0.29, 0.717) is 6.04 Å². The van der Waals surface area contributed by atoms with E-state index in [2.05, 4.69) is 60.2 Å². The van der Waals surface area contributed by atoms with Crippen LogP contribution in [0.1, 0.15) is 26.3 Å². The van der Waals surface area contributed by atoms with Gasteiger partial charge in [-0.05, 0) is 54.0 Å². The molecule has 1 N–H and O–H groups in total. The lowest BCUT2D eigenvalue weighted by Gasteiger charge is -2.13. The number of ether oxygens (including phenoxy) is 1. The van der Waals surface area contributed by atoms with E-state index in [0.717, 1.165) is 16.8 Å². The van der Waals surface area contributed by atoms with Gasteiger partial charge in [0.2, 0.25) is 0 Å². The van der Waals surface area contributed by atoms with Gasteiger partial charge in [0.15, 0.2) is 0 Å². The third kappa shape index (κ3) is 4.17. The molecule has 0 saturated carbocycles. The highest BCUT2D eigenvalue weighted by molar-refractivity contribution is 9.10. The van der Waals surface area contributed by atoms with Gasteiger partial charge >= 0.3 is 0 Å². The summed E-state index contributed by atoms with van der Waals surface area (Å²) in [4.78, 5) is 0. The first-order chi connectivity index (χ1) is 8.08. The second-order valence-electron chi connectivity index (χ2n) is 4.06. The second kappa shape index (κ2) is 6.82. The van der Waals surface area contributed by atoms with Crippen molar-refractivity contribution in [3.05, 3.63) is 33.8 Å². The number of halogens is 1. The van der Waals surface area contributed by atoms with E-state index in [-0.39, 0.29) is 0 Å². The molecule has 0 spiro atoms. The van der Waals surface area contributed by atoms with E-state index in [9.17, 15) is 0 Å². The fourth-order valence-electron chi connectivity index (χ4n) is 1.63. The minimum atomic E-state index is 0.404. The Labute approximate surface area is 112 Å². The van der Waals surface area contributed by atoms with Crippen LogP contribution in [0.2, 0.25) is 0 Å². The van der Waals surface area contributed by atoms with Gasteiger partial charge in [0.1, 0.15) is 5.75 Å². The van der Waals surface area contributed by atoms with Crippen molar-refractivity contribution in [3.8, 4) is 5.75 Å². The SMILES string of the molecule is CCNC(C)/C(C)=C/c1ccc(OC)c(Br)c1. The molecule has 0 aromatic heterocycles. The molecule has 1 rings (SSSR count). The first-order valence-electron chi connectivity index (χ1n) is 5.83. The van der Waals surface area contributed by atoms with Crippen molar-refractivity contribution >= 4 is 22.0 Å². The molecule has 1 atom stereocenters. The van der Waals surface area contributed by atoms with Crippen LogP contribution in [0.3, 0.4) is 0 Å². The van der Waals surface area contributed by atoms with Gasteiger partial charge in [-0.15, -0.1) is 0 Å². The van der Waals surface area contributed by atoms with Gasteiger partial charge in [-0.2, -0.15) is 0 Å². The van der Waals surface area contributed by atoms with Crippen molar-refractivity contribution < 1.29 is 4.74 Å². The van der Waals surface area contributed by atoms with Crippen molar-refractivity contribution in [2.45, 2.75) is 26.8 Å². The number of hydrogen-bond donors (Lipinski definition) is 1. The largest absolute Gasteiger partial charge is 0.496 e.